The van der Waals surface area contributed by atoms with Crippen molar-refractivity contribution in [2.75, 3.05) is 19.6 Å². The Labute approximate surface area is 116 Å². The van der Waals surface area contributed by atoms with Crippen LogP contribution in [-0.4, -0.2) is 24.5 Å². The number of unbranched alkanes of at least 4 members (excludes halogenated alkanes) is 1. The van der Waals surface area contributed by atoms with Gasteiger partial charge in [0.15, 0.2) is 0 Å². The van der Waals surface area contributed by atoms with Crippen molar-refractivity contribution in [3.63, 3.8) is 0 Å². The van der Waals surface area contributed by atoms with Crippen LogP contribution in [0.25, 0.3) is 0 Å². The van der Waals surface area contributed by atoms with Crippen molar-refractivity contribution in [2.24, 2.45) is 5.73 Å². The van der Waals surface area contributed by atoms with Crippen LogP contribution in [0.15, 0.2) is 24.3 Å². The fraction of sp³-hybridized carbons (Fsp3) is 0.600. The molecule has 0 aliphatic heterocycles. The van der Waals surface area contributed by atoms with Crippen LogP contribution in [0.3, 0.4) is 0 Å². The first-order chi connectivity index (χ1) is 8.67. The quantitative estimate of drug-likeness (QED) is 0.776. The topological polar surface area (TPSA) is 29.3 Å². The molecule has 0 saturated heterocycles. The van der Waals surface area contributed by atoms with Gasteiger partial charge in [0.2, 0.25) is 0 Å². The second-order valence-corrected chi connectivity index (χ2v) is 5.17. The van der Waals surface area contributed by atoms with E-state index in [1.807, 2.05) is 24.3 Å². The normalized spacial score (nSPS) is 12.9. The van der Waals surface area contributed by atoms with E-state index in [0.29, 0.717) is 0 Å². The second kappa shape index (κ2) is 8.52. The van der Waals surface area contributed by atoms with E-state index in [1.54, 1.807) is 0 Å². The van der Waals surface area contributed by atoms with Gasteiger partial charge in [0.05, 0.1) is 0 Å². The summed E-state index contributed by atoms with van der Waals surface area (Å²) in [7, 11) is 0. The summed E-state index contributed by atoms with van der Waals surface area (Å²) >= 11 is 5.87. The molecule has 1 aromatic carbocycles. The maximum absolute atomic E-state index is 6.21. The van der Waals surface area contributed by atoms with Gasteiger partial charge in [0, 0.05) is 11.1 Å². The molecule has 0 aliphatic rings. The molecule has 0 aliphatic carbocycles. The van der Waals surface area contributed by atoms with Gasteiger partial charge in [-0.25, -0.2) is 0 Å². The van der Waals surface area contributed by atoms with Crippen LogP contribution in [0.2, 0.25) is 5.02 Å². The fourth-order valence-electron chi connectivity index (χ4n) is 2.01. The highest BCUT2D eigenvalue weighted by Crippen LogP contribution is 2.17. The first kappa shape index (κ1) is 15.5. The van der Waals surface area contributed by atoms with Crippen LogP contribution in [-0.2, 0) is 0 Å². The highest BCUT2D eigenvalue weighted by Gasteiger charge is 2.08. The van der Waals surface area contributed by atoms with Crippen LogP contribution in [0, 0.1) is 0 Å². The largest absolute Gasteiger partial charge is 0.324 e. The average Bonchev–Trinajstić information content (AvgIpc) is 2.39. The molecule has 1 unspecified atom stereocenters. The molecule has 2 nitrogen and oxygen atoms in total. The minimum Gasteiger partial charge on any atom is -0.324 e. The van der Waals surface area contributed by atoms with Crippen molar-refractivity contribution >= 4 is 11.6 Å². The average molecular weight is 269 g/mol. The Bertz CT molecular complexity index is 324. The highest BCUT2D eigenvalue weighted by molar-refractivity contribution is 6.30. The van der Waals surface area contributed by atoms with E-state index in [0.717, 1.165) is 24.5 Å². The smallest absolute Gasteiger partial charge is 0.0406 e. The SMILES string of the molecule is CCCCN(CC)CCC(N)c1ccc(Cl)cc1. The monoisotopic (exact) mass is 268 g/mol. The highest BCUT2D eigenvalue weighted by atomic mass is 35.5. The molecule has 0 aromatic heterocycles. The second-order valence-electron chi connectivity index (χ2n) is 4.73. The predicted octanol–water partition coefficient (Wildman–Crippen LogP) is 3.85. The van der Waals surface area contributed by atoms with Crippen molar-refractivity contribution in [3.05, 3.63) is 34.9 Å². The molecule has 102 valence electrons. The van der Waals surface area contributed by atoms with Crippen LogP contribution in [0.4, 0.5) is 0 Å². The van der Waals surface area contributed by atoms with Gasteiger partial charge in [-0.15, -0.1) is 0 Å². The van der Waals surface area contributed by atoms with Crippen LogP contribution in [0.5, 0.6) is 0 Å². The maximum Gasteiger partial charge on any atom is 0.0406 e. The molecule has 3 heteroatoms. The summed E-state index contributed by atoms with van der Waals surface area (Å²) in [6.45, 7) is 7.80. The van der Waals surface area contributed by atoms with E-state index < -0.39 is 0 Å². The summed E-state index contributed by atoms with van der Waals surface area (Å²) in [4.78, 5) is 2.47. The minimum atomic E-state index is 0.109. The molecular weight excluding hydrogens is 244 g/mol. The Hall–Kier alpha value is -0.570. The summed E-state index contributed by atoms with van der Waals surface area (Å²) in [5.41, 5.74) is 7.38. The molecule has 2 N–H and O–H groups in total. The van der Waals surface area contributed by atoms with Gasteiger partial charge in [-0.3, -0.25) is 0 Å². The van der Waals surface area contributed by atoms with Crippen LogP contribution >= 0.6 is 11.6 Å². The molecule has 0 radical (unpaired) electrons. The number of nitrogens with two attached hydrogens (primary N) is 1. The summed E-state index contributed by atoms with van der Waals surface area (Å²) in [6.07, 6.45) is 3.52. The number of nitrogens with zero attached hydrogens (tertiary/aromatic N) is 1. The molecule has 0 amide bonds. The van der Waals surface area contributed by atoms with E-state index in [-0.39, 0.29) is 6.04 Å². The Morgan fingerprint density at radius 1 is 1.17 bits per heavy atom. The lowest BCUT2D eigenvalue weighted by Gasteiger charge is -2.22. The summed E-state index contributed by atoms with van der Waals surface area (Å²) < 4.78 is 0. The molecule has 1 rings (SSSR count). The van der Waals surface area contributed by atoms with E-state index in [1.165, 1.54) is 24.9 Å². The van der Waals surface area contributed by atoms with E-state index >= 15 is 0 Å². The van der Waals surface area contributed by atoms with Gasteiger partial charge in [-0.05, 0) is 50.2 Å². The number of rotatable bonds is 8. The Morgan fingerprint density at radius 3 is 2.39 bits per heavy atom. The number of hydrogen-bond donors (Lipinski definition) is 1. The number of halogens is 1. The molecule has 0 heterocycles. The van der Waals surface area contributed by atoms with Crippen molar-refractivity contribution < 1.29 is 0 Å². The zero-order valence-corrected chi connectivity index (χ0v) is 12.3. The third-order valence-electron chi connectivity index (χ3n) is 3.33. The van der Waals surface area contributed by atoms with Crippen molar-refractivity contribution in [1.29, 1.82) is 0 Å². The third kappa shape index (κ3) is 5.38. The van der Waals surface area contributed by atoms with Crippen LogP contribution < -0.4 is 5.73 Å². The van der Waals surface area contributed by atoms with Gasteiger partial charge in [-0.2, -0.15) is 0 Å². The van der Waals surface area contributed by atoms with Crippen LogP contribution in [0.1, 0.15) is 44.7 Å². The first-order valence-electron chi connectivity index (χ1n) is 6.90. The molecule has 0 spiro atoms. The summed E-state index contributed by atoms with van der Waals surface area (Å²) in [6, 6.07) is 7.97. The Balaban J connectivity index is 2.39. The van der Waals surface area contributed by atoms with Gasteiger partial charge < -0.3 is 10.6 Å². The molecule has 0 bridgehead atoms. The summed E-state index contributed by atoms with van der Waals surface area (Å²) in [5.74, 6) is 0. The fourth-order valence-corrected chi connectivity index (χ4v) is 2.13. The molecule has 18 heavy (non-hydrogen) atoms. The lowest BCUT2D eigenvalue weighted by Crippen LogP contribution is -2.28. The Morgan fingerprint density at radius 2 is 1.83 bits per heavy atom. The Kier molecular flexibility index (Phi) is 7.33. The van der Waals surface area contributed by atoms with Gasteiger partial charge in [0.1, 0.15) is 0 Å². The molecule has 1 aromatic rings. The lowest BCUT2D eigenvalue weighted by atomic mass is 10.0. The van der Waals surface area contributed by atoms with Crippen molar-refractivity contribution in [3.8, 4) is 0 Å². The minimum absolute atomic E-state index is 0.109. The van der Waals surface area contributed by atoms with Crippen molar-refractivity contribution in [1.82, 2.24) is 4.90 Å². The van der Waals surface area contributed by atoms with E-state index in [4.69, 9.17) is 17.3 Å². The molecule has 0 saturated carbocycles. The van der Waals surface area contributed by atoms with Gasteiger partial charge in [-0.1, -0.05) is 44.0 Å². The number of benzene rings is 1. The summed E-state index contributed by atoms with van der Waals surface area (Å²) in [5, 5.41) is 0.768. The van der Waals surface area contributed by atoms with Crippen molar-refractivity contribution in [2.45, 2.75) is 39.2 Å². The van der Waals surface area contributed by atoms with E-state index in [2.05, 4.69) is 18.7 Å². The van der Waals surface area contributed by atoms with Gasteiger partial charge in [0.25, 0.3) is 0 Å². The molecule has 1 atom stereocenters. The zero-order chi connectivity index (χ0) is 13.4. The third-order valence-corrected chi connectivity index (χ3v) is 3.58. The predicted molar refractivity (Wildman–Crippen MR) is 80.0 cm³/mol. The molecule has 0 fully saturated rings. The first-order valence-corrected chi connectivity index (χ1v) is 7.28. The lowest BCUT2D eigenvalue weighted by molar-refractivity contribution is 0.272. The zero-order valence-electron chi connectivity index (χ0n) is 11.5. The maximum atomic E-state index is 6.21. The van der Waals surface area contributed by atoms with E-state index in [9.17, 15) is 0 Å². The van der Waals surface area contributed by atoms with Gasteiger partial charge >= 0.3 is 0 Å². The number of hydrogen-bond acceptors (Lipinski definition) is 2. The standard InChI is InChI=1S/C15H25ClN2/c1-3-5-11-18(4-2)12-10-15(17)13-6-8-14(16)9-7-13/h6-9,15H,3-5,10-12,17H2,1-2H3. The molecular formula is C15H25ClN2.